The Morgan fingerprint density at radius 1 is 1.21 bits per heavy atom. The number of hydrogen-bond donors (Lipinski definition) is 0. The summed E-state index contributed by atoms with van der Waals surface area (Å²) in [5, 5.41) is 8.88. The van der Waals surface area contributed by atoms with E-state index >= 15 is 0 Å². The Kier molecular flexibility index (Phi) is 4.77. The Labute approximate surface area is 143 Å². The van der Waals surface area contributed by atoms with Crippen LogP contribution in [-0.2, 0) is 9.53 Å². The highest BCUT2D eigenvalue weighted by molar-refractivity contribution is 5.79. The maximum Gasteiger partial charge on any atom is 0.226 e. The first-order chi connectivity index (χ1) is 11.5. The van der Waals surface area contributed by atoms with Crippen molar-refractivity contribution in [3.8, 4) is 6.07 Å². The minimum atomic E-state index is -0.192. The molecule has 1 aromatic carbocycles. The van der Waals surface area contributed by atoms with Crippen LogP contribution in [0.15, 0.2) is 24.3 Å². The summed E-state index contributed by atoms with van der Waals surface area (Å²) < 4.78 is 5.72. The number of nitriles is 1. The van der Waals surface area contributed by atoms with E-state index in [0.29, 0.717) is 12.2 Å². The molecule has 0 aliphatic carbocycles. The molecule has 1 amide bonds. The van der Waals surface area contributed by atoms with Crippen molar-refractivity contribution in [1.82, 2.24) is 4.90 Å². The van der Waals surface area contributed by atoms with Crippen molar-refractivity contribution in [2.45, 2.75) is 32.3 Å². The van der Waals surface area contributed by atoms with E-state index in [1.165, 1.54) is 0 Å². The predicted octanol–water partition coefficient (Wildman–Crippen LogP) is 2.41. The fourth-order valence-corrected chi connectivity index (χ4v) is 3.63. The first-order valence-electron chi connectivity index (χ1n) is 8.66. The highest BCUT2D eigenvalue weighted by Gasteiger charge is 2.35. The molecule has 0 bridgehead atoms. The van der Waals surface area contributed by atoms with Gasteiger partial charge in [0.15, 0.2) is 0 Å². The molecule has 2 aliphatic rings. The number of nitrogens with zero attached hydrogens (tertiary/aromatic N) is 3. The highest BCUT2D eigenvalue weighted by atomic mass is 16.5. The number of amides is 1. The van der Waals surface area contributed by atoms with Crippen molar-refractivity contribution < 1.29 is 9.53 Å². The maximum atomic E-state index is 12.8. The van der Waals surface area contributed by atoms with E-state index in [2.05, 4.69) is 24.8 Å². The quantitative estimate of drug-likeness (QED) is 0.837. The van der Waals surface area contributed by atoms with Crippen LogP contribution in [0.5, 0.6) is 0 Å². The van der Waals surface area contributed by atoms with Crippen molar-refractivity contribution in [2.24, 2.45) is 5.92 Å². The van der Waals surface area contributed by atoms with Gasteiger partial charge in [-0.05, 0) is 51.0 Å². The zero-order valence-corrected chi connectivity index (χ0v) is 14.5. The van der Waals surface area contributed by atoms with Gasteiger partial charge in [0.05, 0.1) is 17.2 Å². The van der Waals surface area contributed by atoms with Gasteiger partial charge < -0.3 is 14.5 Å². The lowest BCUT2D eigenvalue weighted by Crippen LogP contribution is -2.52. The Morgan fingerprint density at radius 3 is 2.46 bits per heavy atom. The van der Waals surface area contributed by atoms with Crippen LogP contribution in [0.2, 0.25) is 0 Å². The monoisotopic (exact) mass is 327 g/mol. The number of rotatable bonds is 2. The van der Waals surface area contributed by atoms with Crippen LogP contribution in [0.1, 0.15) is 32.3 Å². The van der Waals surface area contributed by atoms with Gasteiger partial charge in [-0.2, -0.15) is 5.26 Å². The molecule has 1 atom stereocenters. The van der Waals surface area contributed by atoms with Crippen LogP contribution in [0.4, 0.5) is 5.69 Å². The molecule has 5 nitrogen and oxygen atoms in total. The minimum Gasteiger partial charge on any atom is -0.376 e. The van der Waals surface area contributed by atoms with Crippen molar-refractivity contribution in [3.63, 3.8) is 0 Å². The number of carbonyl (C=O) groups is 1. The molecule has 0 N–H and O–H groups in total. The molecule has 1 aromatic rings. The summed E-state index contributed by atoms with van der Waals surface area (Å²) in [5.74, 6) is 0.376. The smallest absolute Gasteiger partial charge is 0.226 e. The van der Waals surface area contributed by atoms with Crippen LogP contribution < -0.4 is 4.90 Å². The number of piperazine rings is 1. The Morgan fingerprint density at radius 2 is 1.88 bits per heavy atom. The van der Waals surface area contributed by atoms with Gasteiger partial charge in [0.25, 0.3) is 0 Å². The van der Waals surface area contributed by atoms with Gasteiger partial charge in [-0.1, -0.05) is 0 Å². The van der Waals surface area contributed by atoms with E-state index in [0.717, 1.165) is 44.7 Å². The van der Waals surface area contributed by atoms with E-state index in [-0.39, 0.29) is 17.4 Å². The first kappa shape index (κ1) is 16.8. The molecule has 2 saturated heterocycles. The summed E-state index contributed by atoms with van der Waals surface area (Å²) in [6.07, 6.45) is 1.64. The summed E-state index contributed by atoms with van der Waals surface area (Å²) in [5.41, 5.74) is 1.60. The van der Waals surface area contributed by atoms with E-state index in [4.69, 9.17) is 10.00 Å². The third-order valence-electron chi connectivity index (χ3n) is 5.00. The fraction of sp³-hybridized carbons (Fsp3) is 0.579. The second-order valence-corrected chi connectivity index (χ2v) is 7.27. The molecule has 128 valence electrons. The maximum absolute atomic E-state index is 12.8. The number of benzene rings is 1. The topological polar surface area (TPSA) is 56.6 Å². The molecule has 2 fully saturated rings. The number of carbonyl (C=O) groups excluding carboxylic acids is 1. The highest BCUT2D eigenvalue weighted by Crippen LogP contribution is 2.30. The lowest BCUT2D eigenvalue weighted by molar-refractivity contribution is -0.145. The molecule has 0 unspecified atom stereocenters. The summed E-state index contributed by atoms with van der Waals surface area (Å²) >= 11 is 0. The van der Waals surface area contributed by atoms with Gasteiger partial charge in [-0.15, -0.1) is 0 Å². The lowest BCUT2D eigenvalue weighted by atomic mass is 9.87. The van der Waals surface area contributed by atoms with E-state index in [1.807, 2.05) is 29.2 Å². The van der Waals surface area contributed by atoms with Gasteiger partial charge in [-0.25, -0.2) is 0 Å². The van der Waals surface area contributed by atoms with Crippen molar-refractivity contribution in [3.05, 3.63) is 29.8 Å². The molecule has 2 heterocycles. The lowest BCUT2D eigenvalue weighted by Gasteiger charge is -2.40. The second-order valence-electron chi connectivity index (χ2n) is 7.27. The van der Waals surface area contributed by atoms with Crippen LogP contribution in [-0.4, -0.2) is 49.2 Å². The molecule has 5 heteroatoms. The molecular weight excluding hydrogens is 302 g/mol. The third kappa shape index (κ3) is 3.70. The Hall–Kier alpha value is -2.06. The zero-order chi connectivity index (χ0) is 17.2. The van der Waals surface area contributed by atoms with Crippen LogP contribution >= 0.6 is 0 Å². The number of ether oxygens (including phenoxy) is 1. The SMILES string of the molecule is CC1(C)C[C@@H](C(=O)N2CCN(c3ccc(C#N)cc3)CC2)CCO1. The van der Waals surface area contributed by atoms with E-state index in [9.17, 15) is 4.79 Å². The van der Waals surface area contributed by atoms with Crippen molar-refractivity contribution in [1.29, 1.82) is 5.26 Å². The minimum absolute atomic E-state index is 0.0928. The zero-order valence-electron chi connectivity index (χ0n) is 14.5. The van der Waals surface area contributed by atoms with Gasteiger partial charge >= 0.3 is 0 Å². The average molecular weight is 327 g/mol. The van der Waals surface area contributed by atoms with E-state index in [1.54, 1.807) is 0 Å². The van der Waals surface area contributed by atoms with Crippen LogP contribution in [0, 0.1) is 17.2 Å². The Balaban J connectivity index is 1.56. The third-order valence-corrected chi connectivity index (χ3v) is 5.00. The molecule has 3 rings (SSSR count). The number of hydrogen-bond acceptors (Lipinski definition) is 4. The van der Waals surface area contributed by atoms with Crippen molar-refractivity contribution >= 4 is 11.6 Å². The summed E-state index contributed by atoms with van der Waals surface area (Å²) in [4.78, 5) is 17.1. The molecule has 2 aliphatic heterocycles. The average Bonchev–Trinajstić information content (AvgIpc) is 2.60. The van der Waals surface area contributed by atoms with Gasteiger partial charge in [0.2, 0.25) is 5.91 Å². The molecule has 0 saturated carbocycles. The summed E-state index contributed by atoms with van der Waals surface area (Å²) in [6.45, 7) is 8.00. The standard InChI is InChI=1S/C19H25N3O2/c1-19(2)13-16(7-12-24-19)18(23)22-10-8-21(9-11-22)17-5-3-15(14-20)4-6-17/h3-6,16H,7-13H2,1-2H3/t16-/m0/s1. The van der Waals surface area contributed by atoms with Crippen LogP contribution in [0.25, 0.3) is 0 Å². The van der Waals surface area contributed by atoms with Crippen LogP contribution in [0.3, 0.4) is 0 Å². The van der Waals surface area contributed by atoms with E-state index < -0.39 is 0 Å². The molecule has 0 aromatic heterocycles. The van der Waals surface area contributed by atoms with Crippen molar-refractivity contribution in [2.75, 3.05) is 37.7 Å². The molecule has 24 heavy (non-hydrogen) atoms. The summed E-state index contributed by atoms with van der Waals surface area (Å²) in [7, 11) is 0. The number of anilines is 1. The fourth-order valence-electron chi connectivity index (χ4n) is 3.63. The predicted molar refractivity (Wildman–Crippen MR) is 92.7 cm³/mol. The molecule has 0 radical (unpaired) electrons. The molecule has 0 spiro atoms. The summed E-state index contributed by atoms with van der Waals surface area (Å²) in [6, 6.07) is 9.80. The van der Waals surface area contributed by atoms with Gasteiger partial charge in [-0.3, -0.25) is 4.79 Å². The normalized spacial score (nSPS) is 23.6. The first-order valence-corrected chi connectivity index (χ1v) is 8.66. The molecular formula is C19H25N3O2. The van der Waals surface area contributed by atoms with Gasteiger partial charge in [0.1, 0.15) is 0 Å². The largest absolute Gasteiger partial charge is 0.376 e. The second kappa shape index (κ2) is 6.82. The Bertz CT molecular complexity index is 625. The van der Waals surface area contributed by atoms with Gasteiger partial charge in [0, 0.05) is 44.4 Å².